The lowest BCUT2D eigenvalue weighted by Gasteiger charge is -2.22. The fraction of sp³-hybridized carbons (Fsp3) is 0.636. The number of hydrogen-bond acceptors (Lipinski definition) is 5. The summed E-state index contributed by atoms with van der Waals surface area (Å²) in [6, 6.07) is 2.10. The third kappa shape index (κ3) is 3.06. The molecule has 1 saturated heterocycles. The Kier molecular flexibility index (Phi) is 3.93. The average molecular weight is 223 g/mol. The summed E-state index contributed by atoms with van der Waals surface area (Å²) in [6.07, 6.45) is 4.06. The maximum Gasteiger partial charge on any atom is 0.319 e. The quantitative estimate of drug-likeness (QED) is 0.820. The predicted octanol–water partition coefficient (Wildman–Crippen LogP) is 0.864. The Bertz CT molecular complexity index is 327. The standard InChI is InChI=1S/C11H17N3O2/c1-15-10-4-6-13-11(14-10)16-8-9-3-2-5-12-7-9/h4,6,9,12H,2-3,5,7-8H2,1H3. The van der Waals surface area contributed by atoms with Crippen molar-refractivity contribution in [3.05, 3.63) is 12.3 Å². The Morgan fingerprint density at radius 3 is 3.25 bits per heavy atom. The molecule has 1 N–H and O–H groups in total. The summed E-state index contributed by atoms with van der Waals surface area (Å²) in [4.78, 5) is 8.14. The van der Waals surface area contributed by atoms with Crippen molar-refractivity contribution in [2.45, 2.75) is 12.8 Å². The zero-order valence-corrected chi connectivity index (χ0v) is 9.48. The summed E-state index contributed by atoms with van der Waals surface area (Å²) in [5.41, 5.74) is 0. The molecule has 1 aliphatic rings. The average Bonchev–Trinajstić information content (AvgIpc) is 2.38. The number of aromatic nitrogens is 2. The summed E-state index contributed by atoms with van der Waals surface area (Å²) < 4.78 is 10.5. The maximum absolute atomic E-state index is 5.55. The van der Waals surface area contributed by atoms with Gasteiger partial charge in [-0.2, -0.15) is 4.98 Å². The SMILES string of the molecule is COc1ccnc(OCC2CCCNC2)n1. The van der Waals surface area contributed by atoms with Crippen LogP contribution in [0.3, 0.4) is 0 Å². The van der Waals surface area contributed by atoms with E-state index in [0.29, 0.717) is 24.4 Å². The van der Waals surface area contributed by atoms with Crippen LogP contribution in [-0.2, 0) is 0 Å². The van der Waals surface area contributed by atoms with Crippen LogP contribution in [0.25, 0.3) is 0 Å². The molecule has 0 amide bonds. The zero-order chi connectivity index (χ0) is 11.2. The summed E-state index contributed by atoms with van der Waals surface area (Å²) in [5, 5.41) is 3.35. The van der Waals surface area contributed by atoms with Gasteiger partial charge in [0.05, 0.1) is 13.7 Å². The van der Waals surface area contributed by atoms with Gasteiger partial charge in [0.25, 0.3) is 0 Å². The minimum atomic E-state index is 0.393. The second kappa shape index (κ2) is 5.65. The van der Waals surface area contributed by atoms with Gasteiger partial charge in [0, 0.05) is 24.7 Å². The third-order valence-electron chi connectivity index (χ3n) is 2.66. The molecule has 1 aromatic heterocycles. The van der Waals surface area contributed by atoms with Gasteiger partial charge in [0.15, 0.2) is 0 Å². The van der Waals surface area contributed by atoms with E-state index in [2.05, 4.69) is 15.3 Å². The van der Waals surface area contributed by atoms with E-state index in [4.69, 9.17) is 9.47 Å². The highest BCUT2D eigenvalue weighted by Crippen LogP contribution is 2.13. The van der Waals surface area contributed by atoms with Gasteiger partial charge in [-0.25, -0.2) is 4.98 Å². The van der Waals surface area contributed by atoms with Crippen molar-refractivity contribution in [2.75, 3.05) is 26.8 Å². The third-order valence-corrected chi connectivity index (χ3v) is 2.66. The number of methoxy groups -OCH3 is 1. The van der Waals surface area contributed by atoms with Crippen LogP contribution in [0, 0.1) is 5.92 Å². The Morgan fingerprint density at radius 2 is 2.50 bits per heavy atom. The highest BCUT2D eigenvalue weighted by Gasteiger charge is 2.14. The molecule has 5 heteroatoms. The van der Waals surface area contributed by atoms with Crippen molar-refractivity contribution in [2.24, 2.45) is 5.92 Å². The molecule has 0 aromatic carbocycles. The molecule has 88 valence electrons. The van der Waals surface area contributed by atoms with Crippen molar-refractivity contribution in [1.29, 1.82) is 0 Å². The van der Waals surface area contributed by atoms with E-state index in [1.165, 1.54) is 12.8 Å². The summed E-state index contributed by atoms with van der Waals surface area (Å²) in [6.45, 7) is 2.80. The Hall–Kier alpha value is -1.36. The van der Waals surface area contributed by atoms with Gasteiger partial charge in [0.1, 0.15) is 0 Å². The van der Waals surface area contributed by atoms with E-state index in [1.807, 2.05) is 0 Å². The lowest BCUT2D eigenvalue weighted by molar-refractivity contribution is 0.203. The molecule has 0 bridgehead atoms. The first kappa shape index (κ1) is 11.1. The number of ether oxygens (including phenoxy) is 2. The van der Waals surface area contributed by atoms with Gasteiger partial charge >= 0.3 is 6.01 Å². The molecule has 0 radical (unpaired) electrons. The van der Waals surface area contributed by atoms with Gasteiger partial charge in [0.2, 0.25) is 5.88 Å². The second-order valence-corrected chi connectivity index (χ2v) is 3.90. The topological polar surface area (TPSA) is 56.3 Å². The number of hydrogen-bond donors (Lipinski definition) is 1. The minimum absolute atomic E-state index is 0.393. The van der Waals surface area contributed by atoms with E-state index in [-0.39, 0.29) is 0 Å². The van der Waals surface area contributed by atoms with E-state index in [9.17, 15) is 0 Å². The number of nitrogens with zero attached hydrogens (tertiary/aromatic N) is 2. The van der Waals surface area contributed by atoms with Crippen LogP contribution in [-0.4, -0.2) is 36.8 Å². The molecule has 1 unspecified atom stereocenters. The van der Waals surface area contributed by atoms with Gasteiger partial charge in [-0.1, -0.05) is 0 Å². The molecule has 1 fully saturated rings. The lowest BCUT2D eigenvalue weighted by atomic mass is 10.0. The maximum atomic E-state index is 5.55. The monoisotopic (exact) mass is 223 g/mol. The van der Waals surface area contributed by atoms with Crippen molar-refractivity contribution < 1.29 is 9.47 Å². The van der Waals surface area contributed by atoms with E-state index < -0.39 is 0 Å². The number of piperidine rings is 1. The highest BCUT2D eigenvalue weighted by molar-refractivity contribution is 5.10. The van der Waals surface area contributed by atoms with E-state index in [0.717, 1.165) is 13.1 Å². The molecule has 2 rings (SSSR count). The van der Waals surface area contributed by atoms with Crippen LogP contribution in [0.2, 0.25) is 0 Å². The fourth-order valence-electron chi connectivity index (χ4n) is 1.77. The Morgan fingerprint density at radius 1 is 1.56 bits per heavy atom. The van der Waals surface area contributed by atoms with Crippen LogP contribution >= 0.6 is 0 Å². The molecule has 2 heterocycles. The summed E-state index contributed by atoms with van der Waals surface area (Å²) in [5.74, 6) is 1.09. The summed E-state index contributed by atoms with van der Waals surface area (Å²) in [7, 11) is 1.58. The number of nitrogens with one attached hydrogen (secondary N) is 1. The molecule has 1 aromatic rings. The van der Waals surface area contributed by atoms with Gasteiger partial charge in [-0.15, -0.1) is 0 Å². The Balaban J connectivity index is 1.83. The molecular formula is C11H17N3O2. The van der Waals surface area contributed by atoms with Crippen LogP contribution in [0.15, 0.2) is 12.3 Å². The molecule has 1 aliphatic heterocycles. The normalized spacial score (nSPS) is 20.4. The minimum Gasteiger partial charge on any atom is -0.481 e. The van der Waals surface area contributed by atoms with Gasteiger partial charge in [-0.05, 0) is 19.4 Å². The second-order valence-electron chi connectivity index (χ2n) is 3.90. The predicted molar refractivity (Wildman–Crippen MR) is 59.7 cm³/mol. The molecule has 0 saturated carbocycles. The van der Waals surface area contributed by atoms with Crippen molar-refractivity contribution in [3.63, 3.8) is 0 Å². The van der Waals surface area contributed by atoms with Crippen LogP contribution in [0.1, 0.15) is 12.8 Å². The largest absolute Gasteiger partial charge is 0.481 e. The fourth-order valence-corrected chi connectivity index (χ4v) is 1.77. The van der Waals surface area contributed by atoms with Gasteiger partial charge < -0.3 is 14.8 Å². The van der Waals surface area contributed by atoms with E-state index >= 15 is 0 Å². The molecular weight excluding hydrogens is 206 g/mol. The van der Waals surface area contributed by atoms with Crippen LogP contribution < -0.4 is 14.8 Å². The first-order valence-electron chi connectivity index (χ1n) is 5.59. The molecule has 1 atom stereocenters. The van der Waals surface area contributed by atoms with Crippen LogP contribution in [0.5, 0.6) is 11.9 Å². The van der Waals surface area contributed by atoms with Crippen LogP contribution in [0.4, 0.5) is 0 Å². The molecule has 0 spiro atoms. The summed E-state index contributed by atoms with van der Waals surface area (Å²) >= 11 is 0. The van der Waals surface area contributed by atoms with Crippen molar-refractivity contribution in [1.82, 2.24) is 15.3 Å². The van der Waals surface area contributed by atoms with Gasteiger partial charge in [-0.3, -0.25) is 0 Å². The number of rotatable bonds is 4. The smallest absolute Gasteiger partial charge is 0.319 e. The van der Waals surface area contributed by atoms with E-state index in [1.54, 1.807) is 19.4 Å². The first-order valence-corrected chi connectivity index (χ1v) is 5.59. The Labute approximate surface area is 95.2 Å². The zero-order valence-electron chi connectivity index (χ0n) is 9.48. The van der Waals surface area contributed by atoms with Crippen molar-refractivity contribution >= 4 is 0 Å². The molecule has 0 aliphatic carbocycles. The first-order chi connectivity index (χ1) is 7.88. The van der Waals surface area contributed by atoms with Crippen molar-refractivity contribution in [3.8, 4) is 11.9 Å². The lowest BCUT2D eigenvalue weighted by Crippen LogP contribution is -2.33. The highest BCUT2D eigenvalue weighted by atomic mass is 16.5. The molecule has 16 heavy (non-hydrogen) atoms. The molecule has 5 nitrogen and oxygen atoms in total.